The van der Waals surface area contributed by atoms with Crippen LogP contribution in [0.4, 0.5) is 0 Å². The summed E-state index contributed by atoms with van der Waals surface area (Å²) >= 11 is 0. The molecule has 2 atom stereocenters. The first kappa shape index (κ1) is 39.0. The summed E-state index contributed by atoms with van der Waals surface area (Å²) in [5, 5.41) is 0. The van der Waals surface area contributed by atoms with E-state index in [4.69, 9.17) is 4.74 Å². The van der Waals surface area contributed by atoms with Gasteiger partial charge >= 0.3 is 5.97 Å². The van der Waals surface area contributed by atoms with E-state index in [1.165, 1.54) is 128 Å². The number of rotatable bonds is 29. The molecule has 0 heterocycles. The van der Waals surface area contributed by atoms with Crippen LogP contribution in [0, 0.1) is 17.8 Å². The zero-order valence-electron chi connectivity index (χ0n) is 28.3. The van der Waals surface area contributed by atoms with Gasteiger partial charge in [0.25, 0.3) is 0 Å². The molecule has 0 bridgehead atoms. The molecule has 2 unspecified atom stereocenters. The first-order chi connectivity index (χ1) is 19.3. The molecule has 0 aliphatic heterocycles. The first-order valence-corrected chi connectivity index (χ1v) is 17.8. The van der Waals surface area contributed by atoms with Gasteiger partial charge in [-0.25, -0.2) is 0 Å². The molecule has 0 spiro atoms. The smallest absolute Gasteiger partial charge is 0.306 e. The Hall–Kier alpha value is -1.05. The number of hydrogen-bond acceptors (Lipinski definition) is 2. The third-order valence-corrected chi connectivity index (χ3v) is 8.46. The second-order valence-corrected chi connectivity index (χ2v) is 13.4. The number of esters is 1. The third-order valence-electron chi connectivity index (χ3n) is 8.46. The first-order valence-electron chi connectivity index (χ1n) is 17.8. The maximum atomic E-state index is 12.0. The third kappa shape index (κ3) is 29.9. The van der Waals surface area contributed by atoms with Gasteiger partial charge in [-0.1, -0.05) is 149 Å². The average molecular weight is 561 g/mol. The van der Waals surface area contributed by atoms with Crippen molar-refractivity contribution in [3.8, 4) is 0 Å². The summed E-state index contributed by atoms with van der Waals surface area (Å²) in [6.07, 6.45) is 36.1. The standard InChI is InChI=1S/C38H72O2/c1-7-8-9-10-11-12-13-14-15-16-17-18-19-20-21-31-38(39)40-33-32-37(6)30-24-29-36(5)28-23-27-35(4)26-22-25-34(2)3/h14-15,32,34-36H,7-13,16-31,33H2,1-6H3/b15-14+,37-32+. The van der Waals surface area contributed by atoms with Gasteiger partial charge in [-0.3, -0.25) is 4.79 Å². The minimum absolute atomic E-state index is 0.0336. The minimum Gasteiger partial charge on any atom is -0.461 e. The van der Waals surface area contributed by atoms with Gasteiger partial charge in [0.1, 0.15) is 6.61 Å². The van der Waals surface area contributed by atoms with E-state index < -0.39 is 0 Å². The van der Waals surface area contributed by atoms with E-state index in [9.17, 15) is 4.79 Å². The maximum absolute atomic E-state index is 12.0. The largest absolute Gasteiger partial charge is 0.461 e. The zero-order chi connectivity index (χ0) is 29.7. The molecule has 0 aliphatic rings. The molecule has 0 rings (SSSR count). The number of hydrogen-bond donors (Lipinski definition) is 0. The van der Waals surface area contributed by atoms with Crippen molar-refractivity contribution in [1.29, 1.82) is 0 Å². The van der Waals surface area contributed by atoms with Crippen molar-refractivity contribution in [3.63, 3.8) is 0 Å². The summed E-state index contributed by atoms with van der Waals surface area (Å²) in [6.45, 7) is 14.4. The summed E-state index contributed by atoms with van der Waals surface area (Å²) in [4.78, 5) is 12.0. The Morgan fingerprint density at radius 1 is 0.600 bits per heavy atom. The van der Waals surface area contributed by atoms with Crippen LogP contribution in [-0.2, 0) is 9.53 Å². The van der Waals surface area contributed by atoms with Gasteiger partial charge in [-0.15, -0.1) is 0 Å². The average Bonchev–Trinajstić information content (AvgIpc) is 2.90. The molecule has 0 fully saturated rings. The lowest BCUT2D eigenvalue weighted by atomic mass is 9.91. The molecular weight excluding hydrogens is 488 g/mol. The lowest BCUT2D eigenvalue weighted by molar-refractivity contribution is -0.142. The number of ether oxygens (including phenoxy) is 1. The van der Waals surface area contributed by atoms with E-state index >= 15 is 0 Å². The highest BCUT2D eigenvalue weighted by Crippen LogP contribution is 2.22. The van der Waals surface area contributed by atoms with Gasteiger partial charge in [0, 0.05) is 6.42 Å². The molecule has 0 saturated heterocycles. The predicted octanol–water partition coefficient (Wildman–Crippen LogP) is 13.0. The molecule has 0 radical (unpaired) electrons. The normalized spacial score (nSPS) is 13.8. The monoisotopic (exact) mass is 561 g/mol. The Morgan fingerprint density at radius 2 is 1.10 bits per heavy atom. The van der Waals surface area contributed by atoms with Crippen molar-refractivity contribution in [1.82, 2.24) is 0 Å². The molecular formula is C38H72O2. The Balaban J connectivity index is 3.57. The van der Waals surface area contributed by atoms with Crippen molar-refractivity contribution >= 4 is 5.97 Å². The van der Waals surface area contributed by atoms with E-state index in [1.807, 2.05) is 0 Å². The van der Waals surface area contributed by atoms with Crippen LogP contribution in [0.5, 0.6) is 0 Å². The van der Waals surface area contributed by atoms with E-state index in [1.54, 1.807) is 0 Å². The van der Waals surface area contributed by atoms with Crippen molar-refractivity contribution in [2.75, 3.05) is 6.61 Å². The summed E-state index contributed by atoms with van der Waals surface area (Å²) in [6, 6.07) is 0. The highest BCUT2D eigenvalue weighted by molar-refractivity contribution is 5.69. The molecule has 0 saturated carbocycles. The Kier molecular flexibility index (Phi) is 28.7. The summed E-state index contributed by atoms with van der Waals surface area (Å²) < 4.78 is 5.45. The highest BCUT2D eigenvalue weighted by atomic mass is 16.5. The minimum atomic E-state index is -0.0336. The summed E-state index contributed by atoms with van der Waals surface area (Å²) in [7, 11) is 0. The van der Waals surface area contributed by atoms with Gasteiger partial charge in [0.15, 0.2) is 0 Å². The molecule has 236 valence electrons. The van der Waals surface area contributed by atoms with Crippen LogP contribution < -0.4 is 0 Å². The highest BCUT2D eigenvalue weighted by Gasteiger charge is 2.07. The number of carbonyl (C=O) groups is 1. The topological polar surface area (TPSA) is 26.3 Å². The fourth-order valence-electron chi connectivity index (χ4n) is 5.50. The SMILES string of the molecule is CCCCCCCC/C=C/CCCCCCCC(=O)OC/C=C(\C)CCCC(C)CCCC(C)CCCC(C)C. The fourth-order valence-corrected chi connectivity index (χ4v) is 5.50. The Morgan fingerprint density at radius 3 is 1.68 bits per heavy atom. The van der Waals surface area contributed by atoms with Gasteiger partial charge in [0.05, 0.1) is 0 Å². The van der Waals surface area contributed by atoms with Crippen molar-refractivity contribution < 1.29 is 9.53 Å². The quantitative estimate of drug-likeness (QED) is 0.0516. The molecule has 0 aromatic carbocycles. The van der Waals surface area contributed by atoms with Crippen LogP contribution in [0.2, 0.25) is 0 Å². The zero-order valence-corrected chi connectivity index (χ0v) is 28.3. The van der Waals surface area contributed by atoms with Crippen LogP contribution in [0.25, 0.3) is 0 Å². The molecule has 2 nitrogen and oxygen atoms in total. The Labute approximate surface area is 252 Å². The van der Waals surface area contributed by atoms with E-state index in [0.29, 0.717) is 13.0 Å². The lowest BCUT2D eigenvalue weighted by Crippen LogP contribution is -2.04. The second kappa shape index (κ2) is 29.4. The van der Waals surface area contributed by atoms with Crippen LogP contribution >= 0.6 is 0 Å². The van der Waals surface area contributed by atoms with Crippen molar-refractivity contribution in [3.05, 3.63) is 23.8 Å². The molecule has 0 aliphatic carbocycles. The van der Waals surface area contributed by atoms with Crippen LogP contribution in [0.15, 0.2) is 23.8 Å². The molecule has 0 aromatic heterocycles. The van der Waals surface area contributed by atoms with Crippen LogP contribution in [-0.4, -0.2) is 12.6 Å². The molecule has 2 heteroatoms. The van der Waals surface area contributed by atoms with Gasteiger partial charge in [-0.05, 0) is 75.7 Å². The van der Waals surface area contributed by atoms with E-state index in [2.05, 4.69) is 59.8 Å². The fraction of sp³-hybridized carbons (Fsp3) is 0.868. The van der Waals surface area contributed by atoms with Crippen molar-refractivity contribution in [2.45, 2.75) is 189 Å². The van der Waals surface area contributed by atoms with Crippen LogP contribution in [0.3, 0.4) is 0 Å². The molecule has 40 heavy (non-hydrogen) atoms. The maximum Gasteiger partial charge on any atom is 0.306 e. The number of unbranched alkanes of at least 4 members (excludes halogenated alkanes) is 11. The van der Waals surface area contributed by atoms with Gasteiger partial charge in [0.2, 0.25) is 0 Å². The van der Waals surface area contributed by atoms with E-state index in [-0.39, 0.29) is 5.97 Å². The Bertz CT molecular complexity index is 603. The predicted molar refractivity (Wildman–Crippen MR) is 179 cm³/mol. The number of allylic oxidation sites excluding steroid dienone is 3. The molecule has 0 aromatic rings. The summed E-state index contributed by atoms with van der Waals surface area (Å²) in [5.74, 6) is 2.52. The molecule has 0 amide bonds. The number of carbonyl (C=O) groups excluding carboxylic acids is 1. The van der Waals surface area contributed by atoms with E-state index in [0.717, 1.165) is 37.0 Å². The van der Waals surface area contributed by atoms with Gasteiger partial charge < -0.3 is 4.74 Å². The summed E-state index contributed by atoms with van der Waals surface area (Å²) in [5.41, 5.74) is 1.36. The second-order valence-electron chi connectivity index (χ2n) is 13.4. The molecule has 0 N–H and O–H groups in total. The van der Waals surface area contributed by atoms with Gasteiger partial charge in [-0.2, -0.15) is 0 Å². The lowest BCUT2D eigenvalue weighted by Gasteiger charge is -2.15. The van der Waals surface area contributed by atoms with Crippen LogP contribution in [0.1, 0.15) is 189 Å². The van der Waals surface area contributed by atoms with Crippen molar-refractivity contribution in [2.24, 2.45) is 17.8 Å².